The number of allylic oxidation sites excluding steroid dienone is 2. The normalized spacial score (nSPS) is 24.7. The van der Waals surface area contributed by atoms with Gasteiger partial charge in [-0.05, 0) is 104 Å². The minimum Gasteiger partial charge on any atom is -0.491 e. The molecule has 0 aromatic heterocycles. The maximum atomic E-state index is 15.1. The Bertz CT molecular complexity index is 1040. The zero-order valence-corrected chi connectivity index (χ0v) is 21.5. The van der Waals surface area contributed by atoms with Crippen LogP contribution in [0.15, 0.2) is 49.1 Å². The van der Waals surface area contributed by atoms with Crippen molar-refractivity contribution in [2.45, 2.75) is 83.0 Å². The molecule has 0 amide bonds. The number of halogens is 3. The Hall–Kier alpha value is -2.49. The second kappa shape index (κ2) is 12.7. The number of benzene rings is 2. The molecule has 0 aliphatic heterocycles. The molecule has 0 N–H and O–H groups in total. The fourth-order valence-corrected chi connectivity index (χ4v) is 5.80. The van der Waals surface area contributed by atoms with Crippen molar-refractivity contribution in [2.75, 3.05) is 6.61 Å². The molecule has 0 radical (unpaired) electrons. The van der Waals surface area contributed by atoms with Gasteiger partial charge >= 0.3 is 0 Å². The Morgan fingerprint density at radius 2 is 1.47 bits per heavy atom. The lowest BCUT2D eigenvalue weighted by Gasteiger charge is -2.29. The molecule has 4 rings (SSSR count). The molecular formula is C32H39F3O. The summed E-state index contributed by atoms with van der Waals surface area (Å²) in [5, 5.41) is 0. The highest BCUT2D eigenvalue weighted by Gasteiger charge is 2.28. The first kappa shape index (κ1) is 26.6. The van der Waals surface area contributed by atoms with Crippen LogP contribution in [0.3, 0.4) is 0 Å². The van der Waals surface area contributed by atoms with Crippen LogP contribution in [0.25, 0.3) is 6.08 Å². The lowest BCUT2D eigenvalue weighted by Crippen LogP contribution is -2.16. The number of rotatable bonds is 9. The van der Waals surface area contributed by atoms with Crippen molar-refractivity contribution in [1.29, 1.82) is 0 Å². The quantitative estimate of drug-likeness (QED) is 0.248. The van der Waals surface area contributed by atoms with E-state index >= 15 is 8.78 Å². The van der Waals surface area contributed by atoms with Crippen LogP contribution in [0.5, 0.6) is 5.75 Å². The molecular weight excluding hydrogens is 457 g/mol. The third-order valence-electron chi connectivity index (χ3n) is 8.14. The number of unbranched alkanes of at least 4 members (excludes halogenated alkanes) is 1. The summed E-state index contributed by atoms with van der Waals surface area (Å²) in [4.78, 5) is 0. The van der Waals surface area contributed by atoms with Crippen LogP contribution in [-0.4, -0.2) is 6.61 Å². The van der Waals surface area contributed by atoms with E-state index in [0.717, 1.165) is 69.8 Å². The van der Waals surface area contributed by atoms with E-state index in [1.54, 1.807) is 6.07 Å². The first-order valence-corrected chi connectivity index (χ1v) is 13.7. The average Bonchev–Trinajstić information content (AvgIpc) is 2.89. The van der Waals surface area contributed by atoms with Crippen LogP contribution in [-0.2, 0) is 0 Å². The molecule has 0 bridgehead atoms. The van der Waals surface area contributed by atoms with Crippen LogP contribution < -0.4 is 4.74 Å². The molecule has 2 aliphatic carbocycles. The van der Waals surface area contributed by atoms with Gasteiger partial charge in [0.05, 0.1) is 6.61 Å². The molecule has 0 spiro atoms. The van der Waals surface area contributed by atoms with E-state index in [1.165, 1.54) is 6.07 Å². The first-order chi connectivity index (χ1) is 17.5. The molecule has 194 valence electrons. The van der Waals surface area contributed by atoms with Gasteiger partial charge in [0, 0.05) is 0 Å². The highest BCUT2D eigenvalue weighted by atomic mass is 19.2. The number of hydrogen-bond acceptors (Lipinski definition) is 1. The third kappa shape index (κ3) is 6.63. The summed E-state index contributed by atoms with van der Waals surface area (Å²) in [6, 6.07) is 8.73. The smallest absolute Gasteiger partial charge is 0.165 e. The predicted octanol–water partition coefficient (Wildman–Crippen LogP) is 9.73. The maximum Gasteiger partial charge on any atom is 0.165 e. The van der Waals surface area contributed by atoms with E-state index in [1.807, 2.05) is 30.4 Å². The molecule has 0 atom stereocenters. The Balaban J connectivity index is 1.31. The fraction of sp³-hybridized carbons (Fsp3) is 0.500. The van der Waals surface area contributed by atoms with Crippen LogP contribution in [0.2, 0.25) is 0 Å². The largest absolute Gasteiger partial charge is 0.491 e. The summed E-state index contributed by atoms with van der Waals surface area (Å²) < 4.78 is 50.0. The summed E-state index contributed by atoms with van der Waals surface area (Å²) in [5.74, 6) is -0.0965. The van der Waals surface area contributed by atoms with Crippen molar-refractivity contribution < 1.29 is 17.9 Å². The van der Waals surface area contributed by atoms with Gasteiger partial charge in [-0.1, -0.05) is 56.2 Å². The van der Waals surface area contributed by atoms with Crippen molar-refractivity contribution in [3.8, 4) is 5.75 Å². The van der Waals surface area contributed by atoms with Gasteiger partial charge in [0.25, 0.3) is 0 Å². The van der Waals surface area contributed by atoms with Gasteiger partial charge in [-0.2, -0.15) is 0 Å². The van der Waals surface area contributed by atoms with E-state index in [0.29, 0.717) is 29.6 Å². The molecule has 2 aliphatic rings. The molecule has 0 unspecified atom stereocenters. The Morgan fingerprint density at radius 3 is 2.06 bits per heavy atom. The monoisotopic (exact) mass is 496 g/mol. The molecule has 2 aromatic rings. The fourth-order valence-electron chi connectivity index (χ4n) is 5.80. The van der Waals surface area contributed by atoms with Gasteiger partial charge in [0.2, 0.25) is 0 Å². The zero-order valence-electron chi connectivity index (χ0n) is 21.5. The average molecular weight is 497 g/mol. The Kier molecular flexibility index (Phi) is 9.34. The summed E-state index contributed by atoms with van der Waals surface area (Å²) in [7, 11) is 0. The standard InChI is InChI=1S/C32H39F3O/c1-3-4-5-20-36-30-19-12-24(21-29(30)33)9-8-23-10-15-26(16-11-23)28-18-17-27(31(34)32(28)35)25-13-6-22(2)7-14-25/h3,8-9,12,17-19,21-23,25-26H,1,4-7,10-11,13-16,20H2,2H3/b9-8+. The molecule has 0 heterocycles. The Morgan fingerprint density at radius 1 is 0.861 bits per heavy atom. The summed E-state index contributed by atoms with van der Waals surface area (Å²) in [6.07, 6.45) is 15.1. The minimum atomic E-state index is -0.632. The van der Waals surface area contributed by atoms with Gasteiger partial charge in [-0.25, -0.2) is 13.2 Å². The van der Waals surface area contributed by atoms with Gasteiger partial charge in [-0.3, -0.25) is 0 Å². The van der Waals surface area contributed by atoms with Crippen LogP contribution >= 0.6 is 0 Å². The van der Waals surface area contributed by atoms with E-state index < -0.39 is 11.6 Å². The minimum absolute atomic E-state index is 0.0551. The second-order valence-electron chi connectivity index (χ2n) is 10.8. The second-order valence-corrected chi connectivity index (χ2v) is 10.8. The lowest BCUT2D eigenvalue weighted by molar-refractivity contribution is 0.296. The van der Waals surface area contributed by atoms with Crippen molar-refractivity contribution in [2.24, 2.45) is 11.8 Å². The highest BCUT2D eigenvalue weighted by molar-refractivity contribution is 5.51. The van der Waals surface area contributed by atoms with Crippen LogP contribution in [0.1, 0.15) is 99.7 Å². The van der Waals surface area contributed by atoms with Gasteiger partial charge in [0.15, 0.2) is 23.2 Å². The first-order valence-electron chi connectivity index (χ1n) is 13.7. The van der Waals surface area contributed by atoms with Crippen LogP contribution in [0.4, 0.5) is 13.2 Å². The number of ether oxygens (including phenoxy) is 1. The van der Waals surface area contributed by atoms with Gasteiger partial charge in [0.1, 0.15) is 0 Å². The van der Waals surface area contributed by atoms with Gasteiger partial charge in [-0.15, -0.1) is 6.58 Å². The molecule has 0 saturated heterocycles. The van der Waals surface area contributed by atoms with E-state index in [2.05, 4.69) is 19.6 Å². The molecule has 2 fully saturated rings. The van der Waals surface area contributed by atoms with E-state index in [9.17, 15) is 4.39 Å². The predicted molar refractivity (Wildman–Crippen MR) is 142 cm³/mol. The molecule has 2 saturated carbocycles. The van der Waals surface area contributed by atoms with Crippen molar-refractivity contribution in [1.82, 2.24) is 0 Å². The van der Waals surface area contributed by atoms with E-state index in [4.69, 9.17) is 4.74 Å². The number of hydrogen-bond donors (Lipinski definition) is 0. The summed E-state index contributed by atoms with van der Waals surface area (Å²) >= 11 is 0. The molecule has 2 aromatic carbocycles. The lowest BCUT2D eigenvalue weighted by atomic mass is 9.76. The Labute approximate surface area is 214 Å². The van der Waals surface area contributed by atoms with Crippen molar-refractivity contribution >= 4 is 6.08 Å². The summed E-state index contributed by atoms with van der Waals surface area (Å²) in [6.45, 7) is 6.37. The topological polar surface area (TPSA) is 9.23 Å². The SMILES string of the molecule is C=CCCCOc1ccc(/C=C/C2CCC(c3ccc(C4CCC(C)CC4)c(F)c3F)CC2)cc1F. The van der Waals surface area contributed by atoms with Crippen molar-refractivity contribution in [3.05, 3.63) is 83.2 Å². The molecule has 36 heavy (non-hydrogen) atoms. The third-order valence-corrected chi connectivity index (χ3v) is 8.14. The summed E-state index contributed by atoms with van der Waals surface area (Å²) in [5.41, 5.74) is 1.91. The molecule has 4 heteroatoms. The van der Waals surface area contributed by atoms with Crippen LogP contribution in [0, 0.1) is 29.3 Å². The highest BCUT2D eigenvalue weighted by Crippen LogP contribution is 2.41. The molecule has 1 nitrogen and oxygen atoms in total. The van der Waals surface area contributed by atoms with E-state index in [-0.39, 0.29) is 23.4 Å². The van der Waals surface area contributed by atoms with Gasteiger partial charge < -0.3 is 4.74 Å². The van der Waals surface area contributed by atoms with Crippen molar-refractivity contribution in [3.63, 3.8) is 0 Å². The maximum absolute atomic E-state index is 15.1. The zero-order chi connectivity index (χ0) is 25.5.